The largest absolute Gasteiger partial charge is 0.294 e. The molecule has 0 amide bonds. The van der Waals surface area contributed by atoms with Crippen molar-refractivity contribution in [1.29, 1.82) is 0 Å². The molecule has 2 aromatic carbocycles. The molecule has 3 heteroatoms. The van der Waals surface area contributed by atoms with Gasteiger partial charge in [-0.05, 0) is 29.8 Å². The molecule has 0 atom stereocenters. The van der Waals surface area contributed by atoms with Crippen molar-refractivity contribution in [3.63, 3.8) is 0 Å². The number of thioether (sulfide) groups is 1. The highest BCUT2D eigenvalue weighted by Crippen LogP contribution is 2.24. The van der Waals surface area contributed by atoms with E-state index in [0.717, 1.165) is 16.3 Å². The van der Waals surface area contributed by atoms with Crippen molar-refractivity contribution in [3.05, 3.63) is 64.7 Å². The minimum atomic E-state index is 0.189. The molecule has 0 bridgehead atoms. The van der Waals surface area contributed by atoms with Crippen LogP contribution < -0.4 is 0 Å². The number of carbonyl (C=O) groups is 1. The lowest BCUT2D eigenvalue weighted by Crippen LogP contribution is -1.95. The molecule has 98 valence electrons. The first-order valence-electron chi connectivity index (χ1n) is 6.19. The van der Waals surface area contributed by atoms with Gasteiger partial charge in [-0.1, -0.05) is 42.8 Å². The predicted octanol–water partition coefficient (Wildman–Crippen LogP) is 5.23. The van der Waals surface area contributed by atoms with E-state index < -0.39 is 0 Å². The Kier molecular flexibility index (Phi) is 5.06. The van der Waals surface area contributed by atoms with Gasteiger partial charge in [0.25, 0.3) is 0 Å². The third-order valence-electron chi connectivity index (χ3n) is 2.82. The smallest absolute Gasteiger partial charge is 0.162 e. The van der Waals surface area contributed by atoms with E-state index in [2.05, 4.69) is 0 Å². The molecule has 0 heterocycles. The summed E-state index contributed by atoms with van der Waals surface area (Å²) in [5.41, 5.74) is 2.03. The molecular weight excluding hydrogens is 276 g/mol. The van der Waals surface area contributed by atoms with Gasteiger partial charge in [0.2, 0.25) is 0 Å². The van der Waals surface area contributed by atoms with Crippen LogP contribution in [0, 0.1) is 0 Å². The average molecular weight is 291 g/mol. The monoisotopic (exact) mass is 290 g/mol. The third-order valence-corrected chi connectivity index (χ3v) is 4.15. The standard InChI is InChI=1S/C16H15ClOS/c1-2-16(18)13-5-9-15(10-6-13)19-11-12-3-7-14(17)8-4-12/h3-10H,2,11H2,1H3. The molecule has 0 saturated carbocycles. The highest BCUT2D eigenvalue weighted by molar-refractivity contribution is 7.98. The van der Waals surface area contributed by atoms with E-state index >= 15 is 0 Å². The maximum Gasteiger partial charge on any atom is 0.162 e. The maximum absolute atomic E-state index is 11.5. The number of benzene rings is 2. The topological polar surface area (TPSA) is 17.1 Å². The normalized spacial score (nSPS) is 10.4. The lowest BCUT2D eigenvalue weighted by molar-refractivity contribution is 0.0988. The summed E-state index contributed by atoms with van der Waals surface area (Å²) in [7, 11) is 0. The molecule has 0 fully saturated rings. The van der Waals surface area contributed by atoms with Gasteiger partial charge in [0.15, 0.2) is 5.78 Å². The summed E-state index contributed by atoms with van der Waals surface area (Å²) in [6.45, 7) is 1.88. The number of Topliss-reactive ketones (excluding diaryl/α,β-unsaturated/α-hetero) is 1. The van der Waals surface area contributed by atoms with Gasteiger partial charge in [0, 0.05) is 27.7 Å². The van der Waals surface area contributed by atoms with Gasteiger partial charge >= 0.3 is 0 Å². The van der Waals surface area contributed by atoms with E-state index in [1.54, 1.807) is 11.8 Å². The van der Waals surface area contributed by atoms with Crippen molar-refractivity contribution < 1.29 is 4.79 Å². The average Bonchev–Trinajstić information content (AvgIpc) is 2.46. The summed E-state index contributed by atoms with van der Waals surface area (Å²) in [5, 5.41) is 0.760. The Balaban J connectivity index is 1.96. The van der Waals surface area contributed by atoms with Crippen molar-refractivity contribution >= 4 is 29.1 Å². The molecule has 0 saturated heterocycles. The summed E-state index contributed by atoms with van der Waals surface area (Å²) >= 11 is 7.60. The molecule has 0 aliphatic carbocycles. The molecule has 2 aromatic rings. The van der Waals surface area contributed by atoms with Crippen LogP contribution in [0.4, 0.5) is 0 Å². The molecule has 0 aliphatic rings. The fourth-order valence-corrected chi connectivity index (χ4v) is 2.67. The first kappa shape index (κ1) is 14.2. The zero-order valence-corrected chi connectivity index (χ0v) is 12.3. The van der Waals surface area contributed by atoms with Gasteiger partial charge in [-0.2, -0.15) is 0 Å². The third kappa shape index (κ3) is 4.12. The Bertz CT molecular complexity index is 546. The lowest BCUT2D eigenvalue weighted by Gasteiger charge is -2.03. The number of ketones is 1. The zero-order chi connectivity index (χ0) is 13.7. The zero-order valence-electron chi connectivity index (χ0n) is 10.7. The fraction of sp³-hybridized carbons (Fsp3) is 0.188. The van der Waals surface area contributed by atoms with Gasteiger partial charge in [-0.15, -0.1) is 11.8 Å². The maximum atomic E-state index is 11.5. The summed E-state index contributed by atoms with van der Waals surface area (Å²) in [5.74, 6) is 1.09. The quantitative estimate of drug-likeness (QED) is 0.554. The van der Waals surface area contributed by atoms with E-state index in [1.807, 2.05) is 55.5 Å². The van der Waals surface area contributed by atoms with E-state index in [0.29, 0.717) is 6.42 Å². The van der Waals surface area contributed by atoms with Crippen LogP contribution >= 0.6 is 23.4 Å². The molecular formula is C16H15ClOS. The van der Waals surface area contributed by atoms with Gasteiger partial charge < -0.3 is 0 Å². The molecule has 1 nitrogen and oxygen atoms in total. The first-order valence-corrected chi connectivity index (χ1v) is 7.56. The number of hydrogen-bond acceptors (Lipinski definition) is 2. The van der Waals surface area contributed by atoms with Gasteiger partial charge in [0.05, 0.1) is 0 Å². The highest BCUT2D eigenvalue weighted by atomic mass is 35.5. The number of rotatable bonds is 5. The van der Waals surface area contributed by atoms with E-state index in [1.165, 1.54) is 10.5 Å². The molecule has 2 rings (SSSR count). The Morgan fingerprint density at radius 3 is 2.26 bits per heavy atom. The second-order valence-corrected chi connectivity index (χ2v) is 5.70. The SMILES string of the molecule is CCC(=O)c1ccc(SCc2ccc(Cl)cc2)cc1. The Morgan fingerprint density at radius 2 is 1.68 bits per heavy atom. The summed E-state index contributed by atoms with van der Waals surface area (Å²) in [6, 6.07) is 15.7. The van der Waals surface area contributed by atoms with Crippen molar-refractivity contribution in [3.8, 4) is 0 Å². The number of halogens is 1. The molecule has 19 heavy (non-hydrogen) atoms. The molecule has 0 radical (unpaired) electrons. The highest BCUT2D eigenvalue weighted by Gasteiger charge is 2.03. The van der Waals surface area contributed by atoms with Crippen LogP contribution in [0.15, 0.2) is 53.4 Å². The summed E-state index contributed by atoms with van der Waals surface area (Å²) in [4.78, 5) is 12.7. The van der Waals surface area contributed by atoms with Crippen LogP contribution in [0.3, 0.4) is 0 Å². The van der Waals surface area contributed by atoms with Crippen molar-refractivity contribution in [2.75, 3.05) is 0 Å². The minimum absolute atomic E-state index is 0.189. The number of hydrogen-bond donors (Lipinski definition) is 0. The second kappa shape index (κ2) is 6.78. The molecule has 0 N–H and O–H groups in total. The van der Waals surface area contributed by atoms with E-state index in [-0.39, 0.29) is 5.78 Å². The van der Waals surface area contributed by atoms with Crippen molar-refractivity contribution in [2.45, 2.75) is 24.0 Å². The van der Waals surface area contributed by atoms with Gasteiger partial charge in [0.1, 0.15) is 0 Å². The minimum Gasteiger partial charge on any atom is -0.294 e. The Labute approximate surface area is 123 Å². The summed E-state index contributed by atoms with van der Waals surface area (Å²) in [6.07, 6.45) is 0.553. The first-order chi connectivity index (χ1) is 9.19. The molecule has 0 spiro atoms. The van der Waals surface area contributed by atoms with Crippen molar-refractivity contribution in [2.24, 2.45) is 0 Å². The van der Waals surface area contributed by atoms with Crippen LogP contribution in [-0.4, -0.2) is 5.78 Å². The summed E-state index contributed by atoms with van der Waals surface area (Å²) < 4.78 is 0. The Hall–Kier alpha value is -1.25. The van der Waals surface area contributed by atoms with E-state index in [9.17, 15) is 4.79 Å². The van der Waals surface area contributed by atoms with Gasteiger partial charge in [-0.25, -0.2) is 0 Å². The molecule has 0 aromatic heterocycles. The molecule has 0 aliphatic heterocycles. The van der Waals surface area contributed by atoms with Crippen LogP contribution in [0.25, 0.3) is 0 Å². The van der Waals surface area contributed by atoms with E-state index in [4.69, 9.17) is 11.6 Å². The van der Waals surface area contributed by atoms with Gasteiger partial charge in [-0.3, -0.25) is 4.79 Å². The fourth-order valence-electron chi connectivity index (χ4n) is 1.69. The van der Waals surface area contributed by atoms with Crippen LogP contribution in [-0.2, 0) is 5.75 Å². The van der Waals surface area contributed by atoms with Crippen LogP contribution in [0.2, 0.25) is 5.02 Å². The second-order valence-electron chi connectivity index (χ2n) is 4.22. The number of carbonyl (C=O) groups excluding carboxylic acids is 1. The Morgan fingerprint density at radius 1 is 1.05 bits per heavy atom. The van der Waals surface area contributed by atoms with Crippen LogP contribution in [0.1, 0.15) is 29.3 Å². The van der Waals surface area contributed by atoms with Crippen molar-refractivity contribution in [1.82, 2.24) is 0 Å². The lowest BCUT2D eigenvalue weighted by atomic mass is 10.1. The molecule has 0 unspecified atom stereocenters. The predicted molar refractivity (Wildman–Crippen MR) is 82.1 cm³/mol. The van der Waals surface area contributed by atoms with Crippen LogP contribution in [0.5, 0.6) is 0 Å².